The predicted octanol–water partition coefficient (Wildman–Crippen LogP) is 2.94. The molecule has 1 aliphatic rings. The topological polar surface area (TPSA) is 51.2 Å². The number of nitrogens with one attached hydrogen (secondary N) is 1. The van der Waals surface area contributed by atoms with Crippen LogP contribution in [0.5, 0.6) is 0 Å². The van der Waals surface area contributed by atoms with Crippen molar-refractivity contribution < 1.29 is 18.3 Å². The van der Waals surface area contributed by atoms with E-state index in [-0.39, 0.29) is 12.0 Å². The first-order valence-electron chi connectivity index (χ1n) is 7.43. The molecule has 1 unspecified atom stereocenters. The number of carbonyl (C=O) groups is 1. The van der Waals surface area contributed by atoms with E-state index in [1.54, 1.807) is 6.07 Å². The normalized spacial score (nSPS) is 17.2. The summed E-state index contributed by atoms with van der Waals surface area (Å²) in [6.45, 7) is 1.17. The molecule has 2 heterocycles. The lowest BCUT2D eigenvalue weighted by molar-refractivity contribution is 0.0857. The number of ether oxygens (including phenoxy) is 1. The van der Waals surface area contributed by atoms with Crippen molar-refractivity contribution in [3.63, 3.8) is 0 Å². The Morgan fingerprint density at radius 2 is 1.96 bits per heavy atom. The monoisotopic (exact) mass is 318 g/mol. The quantitative estimate of drug-likeness (QED) is 0.943. The molecule has 1 aliphatic heterocycles. The van der Waals surface area contributed by atoms with Crippen molar-refractivity contribution >= 4 is 5.91 Å². The van der Waals surface area contributed by atoms with Crippen LogP contribution in [-0.4, -0.2) is 30.1 Å². The minimum absolute atomic E-state index is 0.0485. The molecule has 1 amide bonds. The van der Waals surface area contributed by atoms with Crippen molar-refractivity contribution in [3.8, 4) is 11.1 Å². The van der Waals surface area contributed by atoms with Crippen LogP contribution in [0.15, 0.2) is 36.7 Å². The molecule has 6 heteroatoms. The lowest BCUT2D eigenvalue weighted by Gasteiger charge is -2.11. The van der Waals surface area contributed by atoms with Crippen LogP contribution < -0.4 is 5.32 Å². The van der Waals surface area contributed by atoms with Gasteiger partial charge in [0, 0.05) is 37.2 Å². The van der Waals surface area contributed by atoms with Crippen LogP contribution >= 0.6 is 0 Å². The number of hydrogen-bond donors (Lipinski definition) is 1. The van der Waals surface area contributed by atoms with E-state index >= 15 is 0 Å². The summed E-state index contributed by atoms with van der Waals surface area (Å²) in [5.74, 6) is -1.63. The number of pyridine rings is 1. The first-order chi connectivity index (χ1) is 11.1. The maximum absolute atomic E-state index is 13.3. The maximum atomic E-state index is 13.3. The summed E-state index contributed by atoms with van der Waals surface area (Å²) in [4.78, 5) is 16.1. The van der Waals surface area contributed by atoms with Crippen LogP contribution in [0.2, 0.25) is 0 Å². The molecule has 120 valence electrons. The molecule has 1 N–H and O–H groups in total. The van der Waals surface area contributed by atoms with Gasteiger partial charge in [0.25, 0.3) is 5.91 Å². The molecule has 0 aliphatic carbocycles. The van der Waals surface area contributed by atoms with Gasteiger partial charge in [-0.1, -0.05) is 0 Å². The van der Waals surface area contributed by atoms with Gasteiger partial charge in [0.1, 0.15) is 11.6 Å². The van der Waals surface area contributed by atoms with E-state index in [4.69, 9.17) is 4.74 Å². The van der Waals surface area contributed by atoms with Crippen molar-refractivity contribution in [1.29, 1.82) is 0 Å². The fourth-order valence-electron chi connectivity index (χ4n) is 2.56. The number of hydrogen-bond acceptors (Lipinski definition) is 3. The number of halogens is 2. The third-order valence-electron chi connectivity index (χ3n) is 3.71. The zero-order valence-corrected chi connectivity index (χ0v) is 12.4. The Hall–Kier alpha value is -2.34. The zero-order chi connectivity index (χ0) is 16.2. The van der Waals surface area contributed by atoms with Gasteiger partial charge in [-0.05, 0) is 36.6 Å². The van der Waals surface area contributed by atoms with E-state index in [0.717, 1.165) is 25.5 Å². The highest BCUT2D eigenvalue weighted by Crippen LogP contribution is 2.22. The number of aromatic nitrogens is 1. The molecular weight excluding hydrogens is 302 g/mol. The molecule has 0 bridgehead atoms. The predicted molar refractivity (Wildman–Crippen MR) is 80.9 cm³/mol. The highest BCUT2D eigenvalue weighted by molar-refractivity contribution is 5.95. The molecule has 4 nitrogen and oxygen atoms in total. The molecule has 1 saturated heterocycles. The first kappa shape index (κ1) is 15.6. The van der Waals surface area contributed by atoms with E-state index in [0.29, 0.717) is 23.2 Å². The van der Waals surface area contributed by atoms with Gasteiger partial charge in [-0.25, -0.2) is 8.78 Å². The summed E-state index contributed by atoms with van der Waals surface area (Å²) in [5.41, 5.74) is 1.15. The summed E-state index contributed by atoms with van der Waals surface area (Å²) in [7, 11) is 0. The van der Waals surface area contributed by atoms with Gasteiger partial charge in [0.15, 0.2) is 0 Å². The average Bonchev–Trinajstić information content (AvgIpc) is 3.05. The number of carbonyl (C=O) groups excluding carboxylic acids is 1. The number of nitrogens with zero attached hydrogens (tertiary/aromatic N) is 1. The minimum atomic E-state index is -0.673. The summed E-state index contributed by atoms with van der Waals surface area (Å²) in [6.07, 6.45) is 4.87. The van der Waals surface area contributed by atoms with Gasteiger partial charge >= 0.3 is 0 Å². The van der Waals surface area contributed by atoms with E-state index in [1.807, 2.05) is 0 Å². The number of rotatable bonds is 4. The second-order valence-electron chi connectivity index (χ2n) is 5.47. The average molecular weight is 318 g/mol. The van der Waals surface area contributed by atoms with Crippen LogP contribution in [0.4, 0.5) is 8.78 Å². The van der Waals surface area contributed by atoms with Crippen molar-refractivity contribution in [2.24, 2.45) is 0 Å². The minimum Gasteiger partial charge on any atom is -0.376 e. The molecule has 1 aromatic carbocycles. The Balaban J connectivity index is 1.74. The summed E-state index contributed by atoms with van der Waals surface area (Å²) in [6, 6.07) is 4.77. The van der Waals surface area contributed by atoms with Crippen LogP contribution in [0.25, 0.3) is 11.1 Å². The molecule has 3 rings (SSSR count). The van der Waals surface area contributed by atoms with E-state index < -0.39 is 11.6 Å². The molecular formula is C17H16F2N2O2. The molecule has 0 radical (unpaired) electrons. The Morgan fingerprint density at radius 1 is 1.17 bits per heavy atom. The number of amides is 1. The lowest BCUT2D eigenvalue weighted by Crippen LogP contribution is -2.31. The van der Waals surface area contributed by atoms with Crippen LogP contribution in [-0.2, 0) is 4.74 Å². The molecule has 2 aromatic rings. The first-order valence-corrected chi connectivity index (χ1v) is 7.43. The van der Waals surface area contributed by atoms with Crippen molar-refractivity contribution in [2.45, 2.75) is 18.9 Å². The van der Waals surface area contributed by atoms with Gasteiger partial charge in [0.05, 0.1) is 11.7 Å². The van der Waals surface area contributed by atoms with Crippen LogP contribution in [0.3, 0.4) is 0 Å². The second-order valence-corrected chi connectivity index (χ2v) is 5.47. The van der Waals surface area contributed by atoms with Gasteiger partial charge in [-0.2, -0.15) is 0 Å². The lowest BCUT2D eigenvalue weighted by atomic mass is 10.1. The van der Waals surface area contributed by atoms with Gasteiger partial charge in [-0.15, -0.1) is 0 Å². The molecule has 23 heavy (non-hydrogen) atoms. The fourth-order valence-corrected chi connectivity index (χ4v) is 2.56. The standard InChI is InChI=1S/C17H16F2N2O2/c18-14-5-11(6-15(19)7-14)12-4-13(9-20-8-12)17(22)21-10-16-2-1-3-23-16/h4-9,16H,1-3,10H2,(H,21,22). The highest BCUT2D eigenvalue weighted by atomic mass is 19.1. The SMILES string of the molecule is O=C(NCC1CCCO1)c1cncc(-c2cc(F)cc(F)c2)c1. The Kier molecular flexibility index (Phi) is 4.62. The Labute approximate surface area is 132 Å². The zero-order valence-electron chi connectivity index (χ0n) is 12.4. The molecule has 1 aromatic heterocycles. The van der Waals surface area contributed by atoms with Gasteiger partial charge in [-0.3, -0.25) is 9.78 Å². The number of benzene rings is 1. The summed E-state index contributed by atoms with van der Waals surface area (Å²) < 4.78 is 32.1. The van der Waals surface area contributed by atoms with E-state index in [1.165, 1.54) is 24.5 Å². The van der Waals surface area contributed by atoms with Crippen molar-refractivity contribution in [2.75, 3.05) is 13.2 Å². The smallest absolute Gasteiger partial charge is 0.252 e. The third kappa shape index (κ3) is 3.90. The molecule has 1 fully saturated rings. The molecule has 0 saturated carbocycles. The summed E-state index contributed by atoms with van der Waals surface area (Å²) in [5, 5.41) is 2.79. The Morgan fingerprint density at radius 3 is 2.65 bits per heavy atom. The van der Waals surface area contributed by atoms with E-state index in [9.17, 15) is 13.6 Å². The molecule has 1 atom stereocenters. The van der Waals surface area contributed by atoms with Gasteiger partial charge in [0.2, 0.25) is 0 Å². The Bertz CT molecular complexity index is 695. The van der Waals surface area contributed by atoms with Crippen molar-refractivity contribution in [3.05, 3.63) is 53.9 Å². The van der Waals surface area contributed by atoms with Crippen LogP contribution in [0.1, 0.15) is 23.2 Å². The second kappa shape index (κ2) is 6.83. The maximum Gasteiger partial charge on any atom is 0.252 e. The van der Waals surface area contributed by atoms with Crippen LogP contribution in [0, 0.1) is 11.6 Å². The highest BCUT2D eigenvalue weighted by Gasteiger charge is 2.17. The third-order valence-corrected chi connectivity index (χ3v) is 3.71. The van der Waals surface area contributed by atoms with E-state index in [2.05, 4.69) is 10.3 Å². The van der Waals surface area contributed by atoms with Crippen molar-refractivity contribution in [1.82, 2.24) is 10.3 Å². The summed E-state index contributed by atoms with van der Waals surface area (Å²) >= 11 is 0. The van der Waals surface area contributed by atoms with Gasteiger partial charge < -0.3 is 10.1 Å². The fraction of sp³-hybridized carbons (Fsp3) is 0.294. The molecule has 0 spiro atoms. The largest absolute Gasteiger partial charge is 0.376 e.